The van der Waals surface area contributed by atoms with Gasteiger partial charge in [0.25, 0.3) is 0 Å². The van der Waals surface area contributed by atoms with E-state index < -0.39 is 38.3 Å². The van der Waals surface area contributed by atoms with Gasteiger partial charge in [0.15, 0.2) is 0 Å². The Balaban J connectivity index is 1.39. The highest BCUT2D eigenvalue weighted by atomic mass is 127. The Morgan fingerprint density at radius 1 is 1.15 bits per heavy atom. The number of hydrogen-bond donors (Lipinski definition) is 0. The Kier molecular flexibility index (Phi) is 11.9. The van der Waals surface area contributed by atoms with Crippen molar-refractivity contribution in [2.24, 2.45) is 10.4 Å². The lowest BCUT2D eigenvalue weighted by molar-refractivity contribution is -0.137. The van der Waals surface area contributed by atoms with Gasteiger partial charge in [0.05, 0.1) is 23.0 Å². The first-order chi connectivity index (χ1) is 22.8. The second kappa shape index (κ2) is 15.4. The van der Waals surface area contributed by atoms with Crippen molar-refractivity contribution in [2.75, 3.05) is 33.4 Å². The van der Waals surface area contributed by atoms with E-state index in [0.717, 1.165) is 42.5 Å². The van der Waals surface area contributed by atoms with Gasteiger partial charge in [-0.1, -0.05) is 38.2 Å². The molecule has 5 rings (SSSR count). The first kappa shape index (κ1) is 37.1. The lowest BCUT2D eigenvalue weighted by atomic mass is 9.82. The van der Waals surface area contributed by atoms with Crippen LogP contribution in [0.2, 0.25) is 0 Å². The number of likely N-dealkylation sites (tertiary alicyclic amines) is 1. The molecule has 260 valence electrons. The van der Waals surface area contributed by atoms with Gasteiger partial charge in [-0.05, 0) is 116 Å². The number of alkyl halides is 3. The number of aliphatic imine (C=N–C) groups is 1. The van der Waals surface area contributed by atoms with Crippen molar-refractivity contribution in [3.63, 3.8) is 0 Å². The van der Waals surface area contributed by atoms with Crippen molar-refractivity contribution in [1.29, 1.82) is 0 Å². The topological polar surface area (TPSA) is 34.1 Å². The van der Waals surface area contributed by atoms with Crippen LogP contribution in [0.3, 0.4) is 0 Å². The van der Waals surface area contributed by atoms with Crippen molar-refractivity contribution in [3.05, 3.63) is 54.7 Å². The number of aryl methyl sites for hydroxylation is 1. The summed E-state index contributed by atoms with van der Waals surface area (Å²) in [7, 11) is 1.77. The van der Waals surface area contributed by atoms with Gasteiger partial charge >= 0.3 is 6.18 Å². The van der Waals surface area contributed by atoms with Crippen molar-refractivity contribution >= 4 is 51.7 Å². The van der Waals surface area contributed by atoms with Crippen molar-refractivity contribution in [3.8, 4) is 23.5 Å². The zero-order chi connectivity index (χ0) is 34.8. The van der Waals surface area contributed by atoms with Gasteiger partial charge in [-0.25, -0.2) is 9.38 Å². The summed E-state index contributed by atoms with van der Waals surface area (Å²) in [5, 5.41) is 0.365. The van der Waals surface area contributed by atoms with Gasteiger partial charge in [0, 0.05) is 49.7 Å². The van der Waals surface area contributed by atoms with E-state index in [2.05, 4.69) is 24.7 Å². The van der Waals surface area contributed by atoms with E-state index in [1.54, 1.807) is 27.9 Å². The molecule has 4 nitrogen and oxygen atoms in total. The van der Waals surface area contributed by atoms with E-state index in [-0.39, 0.29) is 15.7 Å². The summed E-state index contributed by atoms with van der Waals surface area (Å²) in [5.74, 6) is 2.12. The Hall–Kier alpha value is -2.17. The smallest absolute Gasteiger partial charge is 0.382 e. The number of terminal acetylenes is 1. The van der Waals surface area contributed by atoms with E-state index >= 15 is 0 Å². The van der Waals surface area contributed by atoms with Crippen LogP contribution in [0.4, 0.5) is 17.6 Å². The lowest BCUT2D eigenvalue weighted by Gasteiger charge is -2.40. The number of hydrogen-bond acceptors (Lipinski definition) is 5. The molecule has 0 N–H and O–H groups in total. The highest BCUT2D eigenvalue weighted by Gasteiger charge is 2.38. The van der Waals surface area contributed by atoms with E-state index in [4.69, 9.17) is 20.9 Å². The summed E-state index contributed by atoms with van der Waals surface area (Å²) in [5.41, 5.74) is 1.54. The molecule has 1 aromatic heterocycles. The van der Waals surface area contributed by atoms with Crippen molar-refractivity contribution in [1.82, 2.24) is 4.90 Å². The SMILES string of the molecule is C#Cc1c(C)sc2c(F)ccc(-c3c(C(F)(F)F)cc4c(c3C)I=C(OCC3(C)CCCN(CCCCCCC(C)OC)C3)N=C4C)c12. The minimum absolute atomic E-state index is 0.0327. The molecule has 2 atom stereocenters. The molecule has 1 saturated heterocycles. The minimum atomic E-state index is -4.64. The molecule has 2 unspecified atom stereocenters. The van der Waals surface area contributed by atoms with Gasteiger partial charge in [0.1, 0.15) is 5.82 Å². The van der Waals surface area contributed by atoms with Gasteiger partial charge < -0.3 is 14.4 Å². The normalized spacial score (nSPS) is 19.4. The first-order valence-corrected chi connectivity index (χ1v) is 19.6. The van der Waals surface area contributed by atoms with Crippen LogP contribution in [0.1, 0.15) is 92.8 Å². The van der Waals surface area contributed by atoms with E-state index in [9.17, 15) is 17.6 Å². The fraction of sp³-hybridized carbons (Fsp3) is 0.526. The molecule has 10 heteroatoms. The van der Waals surface area contributed by atoms with Crippen LogP contribution in [0.5, 0.6) is 0 Å². The predicted molar refractivity (Wildman–Crippen MR) is 199 cm³/mol. The summed E-state index contributed by atoms with van der Waals surface area (Å²) >= 11 is 0.158. The largest absolute Gasteiger partial charge is 0.417 e. The summed E-state index contributed by atoms with van der Waals surface area (Å²) in [6.07, 6.45) is 9.56. The maximum absolute atomic E-state index is 14.9. The number of ether oxygens (including phenoxy) is 2. The molecule has 0 amide bonds. The van der Waals surface area contributed by atoms with Gasteiger partial charge in [0.2, 0.25) is 3.82 Å². The number of fused-ring (bicyclic) bond motifs is 2. The Morgan fingerprint density at radius 3 is 2.60 bits per heavy atom. The third-order valence-corrected chi connectivity index (χ3v) is 13.7. The molecule has 0 saturated carbocycles. The molecule has 0 spiro atoms. The second-order valence-electron chi connectivity index (χ2n) is 13.5. The maximum atomic E-state index is 14.9. The summed E-state index contributed by atoms with van der Waals surface area (Å²) in [4.78, 5) is 7.95. The predicted octanol–water partition coefficient (Wildman–Crippen LogP) is 10.5. The average Bonchev–Trinajstić information content (AvgIpc) is 3.38. The van der Waals surface area contributed by atoms with E-state index in [1.807, 2.05) is 0 Å². The molecular weight excluding hydrogens is 751 g/mol. The number of thiophene rings is 1. The molecule has 48 heavy (non-hydrogen) atoms. The van der Waals surface area contributed by atoms with Crippen LogP contribution in [0.15, 0.2) is 23.2 Å². The summed E-state index contributed by atoms with van der Waals surface area (Å²) in [6.45, 7) is 13.3. The summed E-state index contributed by atoms with van der Waals surface area (Å²) in [6, 6.07) is 3.90. The first-order valence-electron chi connectivity index (χ1n) is 16.6. The maximum Gasteiger partial charge on any atom is 0.417 e. The number of methoxy groups -OCH3 is 1. The molecule has 3 heterocycles. The minimum Gasteiger partial charge on any atom is -0.382 e. The fourth-order valence-electron chi connectivity index (χ4n) is 6.98. The highest BCUT2D eigenvalue weighted by molar-refractivity contribution is 14.2. The number of unbranched alkanes of at least 4 members (excludes halogenated alkanes) is 3. The molecule has 2 aromatic carbocycles. The Morgan fingerprint density at radius 2 is 1.90 bits per heavy atom. The van der Waals surface area contributed by atoms with Gasteiger partial charge in [-0.3, -0.25) is 0 Å². The summed E-state index contributed by atoms with van der Waals surface area (Å²) < 4.78 is 72.7. The highest BCUT2D eigenvalue weighted by Crippen LogP contribution is 2.48. The molecule has 0 radical (unpaired) electrons. The van der Waals surface area contributed by atoms with Crippen LogP contribution >= 0.6 is 32.1 Å². The second-order valence-corrected chi connectivity index (χ2v) is 17.3. The molecule has 3 aromatic rings. The Labute approximate surface area is 296 Å². The van der Waals surface area contributed by atoms with Crippen LogP contribution < -0.4 is 0 Å². The molecule has 0 aliphatic carbocycles. The van der Waals surface area contributed by atoms with E-state index in [1.165, 1.54) is 55.2 Å². The molecule has 0 bridgehead atoms. The number of piperidine rings is 1. The van der Waals surface area contributed by atoms with Gasteiger partial charge in [-0.15, -0.1) is 17.8 Å². The average molecular weight is 797 g/mol. The zero-order valence-corrected chi connectivity index (χ0v) is 31.6. The molecule has 2 aliphatic rings. The molecule has 2 aliphatic heterocycles. The number of rotatable bonds is 12. The van der Waals surface area contributed by atoms with Crippen molar-refractivity contribution in [2.45, 2.75) is 91.8 Å². The third-order valence-electron chi connectivity index (χ3n) is 9.64. The Bertz CT molecular complexity index is 1770. The number of benzene rings is 2. The monoisotopic (exact) mass is 796 g/mol. The quantitative estimate of drug-likeness (QED) is 0.0793. The van der Waals surface area contributed by atoms with Crippen LogP contribution in [-0.2, 0) is 15.7 Å². The van der Waals surface area contributed by atoms with E-state index in [0.29, 0.717) is 54.8 Å². The van der Waals surface area contributed by atoms with Crippen LogP contribution in [-0.4, -0.2) is 53.9 Å². The number of nitrogens with zero attached hydrogens (tertiary/aromatic N) is 2. The zero-order valence-electron chi connectivity index (χ0n) is 28.7. The fourth-order valence-corrected chi connectivity index (χ4v) is 10.8. The van der Waals surface area contributed by atoms with Crippen LogP contribution in [0, 0.1) is 41.0 Å². The van der Waals surface area contributed by atoms with Crippen LogP contribution in [0.25, 0.3) is 21.2 Å². The standard InChI is InChI=1S/C38H45F4IN2O2S/c1-8-27-26(5)48-35-31(39)16-15-28(33(27)35)32-24(3)34-29(20-30(32)38(40,41)42)25(4)44-36(43-34)47-22-37(6)17-13-19-45(21-37)18-12-10-9-11-14-23(2)46-7/h1,15-16,20,23H,9-14,17-19,21-22H2,2-7H3. The third kappa shape index (κ3) is 8.07. The number of halogens is 5. The van der Waals surface area contributed by atoms with Gasteiger partial charge in [-0.2, -0.15) is 13.2 Å². The van der Waals surface area contributed by atoms with Crippen molar-refractivity contribution < 1.29 is 27.0 Å². The molecular formula is C38H45F4IN2O2S. The molecule has 1 fully saturated rings. The lowest BCUT2D eigenvalue weighted by Crippen LogP contribution is -2.44.